The number of thioether (sulfide) groups is 1. The zero-order valence-electron chi connectivity index (χ0n) is 21.8. The van der Waals surface area contributed by atoms with Gasteiger partial charge in [0.05, 0.1) is 57.8 Å². The van der Waals surface area contributed by atoms with Crippen molar-refractivity contribution in [2.75, 3.05) is 7.11 Å². The zero-order valence-corrected chi connectivity index (χ0v) is 23.4. The maximum Gasteiger partial charge on any atom is 0.137 e. The number of fused-ring (bicyclic) bond motifs is 1. The van der Waals surface area contributed by atoms with E-state index in [1.807, 2.05) is 48.6 Å². The summed E-state index contributed by atoms with van der Waals surface area (Å²) in [6.07, 6.45) is 1.75. The van der Waals surface area contributed by atoms with Gasteiger partial charge >= 0.3 is 0 Å². The Kier molecular flexibility index (Phi) is 7.01. The normalized spacial score (nSPS) is 15.2. The SMILES string of the molecule is COc1ccc(-c2nc3ccc(Cl)cn3c2C2C(C#N)=C(N)NC(Sc3c(C)cc(C)cc3C)=C2C#N)cc1. The van der Waals surface area contributed by atoms with Gasteiger partial charge in [0.1, 0.15) is 17.2 Å². The number of methoxy groups -OCH3 is 1. The molecule has 0 saturated carbocycles. The van der Waals surface area contributed by atoms with Crippen LogP contribution >= 0.6 is 23.4 Å². The molecule has 3 heterocycles. The minimum absolute atomic E-state index is 0.198. The highest BCUT2D eigenvalue weighted by Crippen LogP contribution is 2.45. The van der Waals surface area contributed by atoms with E-state index in [1.165, 1.54) is 11.8 Å². The number of nitrogens with zero attached hydrogens (tertiary/aromatic N) is 4. The lowest BCUT2D eigenvalue weighted by molar-refractivity contribution is 0.415. The van der Waals surface area contributed by atoms with Crippen molar-refractivity contribution < 1.29 is 4.74 Å². The van der Waals surface area contributed by atoms with Crippen LogP contribution in [0, 0.1) is 43.4 Å². The van der Waals surface area contributed by atoms with Crippen LogP contribution < -0.4 is 15.8 Å². The Labute approximate surface area is 236 Å². The maximum atomic E-state index is 10.5. The van der Waals surface area contributed by atoms with E-state index < -0.39 is 5.92 Å². The number of aromatic nitrogens is 2. The first-order valence-corrected chi connectivity index (χ1v) is 13.3. The molecule has 9 heteroatoms. The summed E-state index contributed by atoms with van der Waals surface area (Å²) in [7, 11) is 1.61. The monoisotopic (exact) mass is 552 g/mol. The molecule has 1 aliphatic rings. The third-order valence-corrected chi connectivity index (χ3v) is 8.26. The smallest absolute Gasteiger partial charge is 0.137 e. The van der Waals surface area contributed by atoms with Crippen molar-refractivity contribution in [2.24, 2.45) is 5.73 Å². The van der Waals surface area contributed by atoms with Gasteiger partial charge < -0.3 is 20.2 Å². The predicted octanol–water partition coefficient (Wildman–Crippen LogP) is 6.50. The average molecular weight is 553 g/mol. The molecule has 39 heavy (non-hydrogen) atoms. The van der Waals surface area contributed by atoms with Crippen LogP contribution in [-0.4, -0.2) is 16.5 Å². The van der Waals surface area contributed by atoms with Gasteiger partial charge in [-0.3, -0.25) is 0 Å². The first kappa shape index (κ1) is 26.2. The fourth-order valence-corrected chi connectivity index (χ4v) is 6.22. The first-order chi connectivity index (χ1) is 18.7. The standard InChI is InChI=1S/C30H25ClN6OS/c1-16-11-17(2)28(18(3)12-16)39-30-23(14-33)25(22(13-32)29(34)36-30)27-26(19-5-8-21(38-4)9-6-19)35-24-10-7-20(31)15-37(24)27/h5-12,15,25,36H,34H2,1-4H3. The van der Waals surface area contributed by atoms with E-state index in [2.05, 4.69) is 36.5 Å². The molecule has 0 saturated heterocycles. The Bertz CT molecular complexity index is 1750. The lowest BCUT2D eigenvalue weighted by Gasteiger charge is -2.27. The molecule has 5 rings (SSSR count). The van der Waals surface area contributed by atoms with Crippen LogP contribution in [0.4, 0.5) is 0 Å². The number of imidazole rings is 1. The average Bonchev–Trinajstić information content (AvgIpc) is 3.28. The molecule has 0 radical (unpaired) electrons. The summed E-state index contributed by atoms with van der Waals surface area (Å²) in [6.45, 7) is 6.15. The van der Waals surface area contributed by atoms with Crippen molar-refractivity contribution in [2.45, 2.75) is 31.6 Å². The van der Waals surface area contributed by atoms with E-state index in [4.69, 9.17) is 27.1 Å². The molecule has 0 amide bonds. The number of allylic oxidation sites excluding steroid dienone is 2. The summed E-state index contributed by atoms with van der Waals surface area (Å²) in [5.41, 5.74) is 13.1. The summed E-state index contributed by atoms with van der Waals surface area (Å²) in [6, 6.07) is 19.9. The molecule has 7 nitrogen and oxygen atoms in total. The van der Waals surface area contributed by atoms with Crippen LogP contribution in [0.15, 0.2) is 81.6 Å². The molecule has 1 atom stereocenters. The second-order valence-corrected chi connectivity index (χ2v) is 10.8. The van der Waals surface area contributed by atoms with Crippen molar-refractivity contribution in [3.63, 3.8) is 0 Å². The molecule has 4 aromatic rings. The molecule has 1 aliphatic heterocycles. The van der Waals surface area contributed by atoms with Crippen LogP contribution in [0.25, 0.3) is 16.9 Å². The maximum absolute atomic E-state index is 10.5. The predicted molar refractivity (Wildman–Crippen MR) is 154 cm³/mol. The van der Waals surface area contributed by atoms with E-state index in [0.717, 1.165) is 27.1 Å². The van der Waals surface area contributed by atoms with Crippen molar-refractivity contribution in [3.05, 3.63) is 104 Å². The first-order valence-electron chi connectivity index (χ1n) is 12.1. The van der Waals surface area contributed by atoms with Gasteiger partial charge in [-0.1, -0.05) is 41.1 Å². The Morgan fingerprint density at radius 1 is 1.03 bits per heavy atom. The van der Waals surface area contributed by atoms with Gasteiger partial charge in [-0.2, -0.15) is 10.5 Å². The lowest BCUT2D eigenvalue weighted by atomic mass is 9.85. The van der Waals surface area contributed by atoms with Crippen LogP contribution in [-0.2, 0) is 0 Å². The number of aryl methyl sites for hydroxylation is 3. The van der Waals surface area contributed by atoms with E-state index >= 15 is 0 Å². The van der Waals surface area contributed by atoms with Gasteiger partial charge in [-0.05, 0) is 68.3 Å². The van der Waals surface area contributed by atoms with Gasteiger partial charge in [-0.25, -0.2) is 4.98 Å². The van der Waals surface area contributed by atoms with Gasteiger partial charge in [0.25, 0.3) is 0 Å². The van der Waals surface area contributed by atoms with Crippen molar-refractivity contribution >= 4 is 29.0 Å². The minimum Gasteiger partial charge on any atom is -0.497 e. The number of nitrogens with one attached hydrogen (secondary N) is 1. The largest absolute Gasteiger partial charge is 0.497 e. The summed E-state index contributed by atoms with van der Waals surface area (Å²) in [5.74, 6) is 0.125. The third-order valence-electron chi connectivity index (χ3n) is 6.67. The number of pyridine rings is 1. The molecular formula is C30H25ClN6OS. The summed E-state index contributed by atoms with van der Waals surface area (Å²) < 4.78 is 7.17. The van der Waals surface area contributed by atoms with Gasteiger partial charge in [0, 0.05) is 16.7 Å². The molecule has 0 aliphatic carbocycles. The third kappa shape index (κ3) is 4.70. The van der Waals surface area contributed by atoms with E-state index in [-0.39, 0.29) is 11.4 Å². The Balaban J connectivity index is 1.78. The van der Waals surface area contributed by atoms with E-state index in [1.54, 1.807) is 19.4 Å². The molecule has 3 N–H and O–H groups in total. The number of nitrogens with two attached hydrogens (primary N) is 1. The molecule has 2 aromatic carbocycles. The highest BCUT2D eigenvalue weighted by Gasteiger charge is 2.36. The number of ether oxygens (including phenoxy) is 1. The van der Waals surface area contributed by atoms with Crippen LogP contribution in [0.1, 0.15) is 28.3 Å². The zero-order chi connectivity index (χ0) is 27.8. The van der Waals surface area contributed by atoms with Gasteiger partial charge in [0.2, 0.25) is 0 Å². The molecule has 2 aromatic heterocycles. The number of benzene rings is 2. The van der Waals surface area contributed by atoms with Crippen LogP contribution in [0.5, 0.6) is 5.75 Å². The number of rotatable bonds is 5. The number of halogens is 1. The van der Waals surface area contributed by atoms with Crippen LogP contribution in [0.3, 0.4) is 0 Å². The van der Waals surface area contributed by atoms with Gasteiger partial charge in [0.15, 0.2) is 0 Å². The molecule has 194 valence electrons. The lowest BCUT2D eigenvalue weighted by Crippen LogP contribution is -2.30. The van der Waals surface area contributed by atoms with Crippen molar-refractivity contribution in [1.82, 2.24) is 14.7 Å². The number of hydrogen-bond donors (Lipinski definition) is 2. The minimum atomic E-state index is -0.777. The highest BCUT2D eigenvalue weighted by atomic mass is 35.5. The van der Waals surface area contributed by atoms with E-state index in [9.17, 15) is 10.5 Å². The summed E-state index contributed by atoms with van der Waals surface area (Å²) >= 11 is 7.86. The van der Waals surface area contributed by atoms with Crippen molar-refractivity contribution in [3.8, 4) is 29.1 Å². The Hall–Kier alpha value is -4.37. The summed E-state index contributed by atoms with van der Waals surface area (Å²) in [5, 5.41) is 25.0. The Morgan fingerprint density at radius 2 is 1.69 bits per heavy atom. The summed E-state index contributed by atoms with van der Waals surface area (Å²) in [4.78, 5) is 5.92. The Morgan fingerprint density at radius 3 is 2.31 bits per heavy atom. The molecule has 0 bridgehead atoms. The molecular weight excluding hydrogens is 528 g/mol. The topological polar surface area (TPSA) is 112 Å². The van der Waals surface area contributed by atoms with Crippen LogP contribution in [0.2, 0.25) is 5.02 Å². The number of dihydropyridines is 1. The second kappa shape index (κ2) is 10.4. The quantitative estimate of drug-likeness (QED) is 0.291. The fourth-order valence-electron chi connectivity index (χ4n) is 4.99. The van der Waals surface area contributed by atoms with Gasteiger partial charge in [-0.15, -0.1) is 0 Å². The van der Waals surface area contributed by atoms with Crippen molar-refractivity contribution in [1.29, 1.82) is 10.5 Å². The van der Waals surface area contributed by atoms with E-state index in [0.29, 0.717) is 38.4 Å². The number of hydrogen-bond acceptors (Lipinski definition) is 7. The molecule has 1 unspecified atom stereocenters. The fraction of sp³-hybridized carbons (Fsp3) is 0.167. The molecule has 0 spiro atoms. The highest BCUT2D eigenvalue weighted by molar-refractivity contribution is 8.03. The second-order valence-electron chi connectivity index (χ2n) is 9.33. The molecule has 0 fully saturated rings. The number of nitriles is 2.